The highest BCUT2D eigenvalue weighted by Gasteiger charge is 2.15. The first kappa shape index (κ1) is 12.9. The summed E-state index contributed by atoms with van der Waals surface area (Å²) in [4.78, 5) is 0. The molecule has 0 aliphatic carbocycles. The molecule has 1 aromatic rings. The molecule has 0 spiro atoms. The standard InChI is InChI=1S/C11H14BrNO3/c1-15-9-6-8(12)7(4-3-5-13)10(14)11(9)16-2/h3-4,6,14H,5,13H2,1-2H3/b4-3+. The molecule has 16 heavy (non-hydrogen) atoms. The summed E-state index contributed by atoms with van der Waals surface area (Å²) in [6, 6.07) is 1.73. The van der Waals surface area contributed by atoms with Crippen LogP contribution in [0.15, 0.2) is 16.6 Å². The van der Waals surface area contributed by atoms with Crippen LogP contribution >= 0.6 is 15.9 Å². The molecule has 0 radical (unpaired) electrons. The Morgan fingerprint density at radius 3 is 2.62 bits per heavy atom. The Morgan fingerprint density at radius 2 is 2.12 bits per heavy atom. The van der Waals surface area contributed by atoms with Crippen LogP contribution in [0, 0.1) is 0 Å². The number of halogens is 1. The largest absolute Gasteiger partial charge is 0.504 e. The number of hydrogen-bond donors (Lipinski definition) is 2. The molecule has 0 saturated carbocycles. The van der Waals surface area contributed by atoms with Gasteiger partial charge in [-0.2, -0.15) is 0 Å². The van der Waals surface area contributed by atoms with Gasteiger partial charge in [-0.05, 0) is 22.0 Å². The smallest absolute Gasteiger partial charge is 0.203 e. The molecule has 0 aliphatic rings. The zero-order valence-corrected chi connectivity index (χ0v) is 10.7. The van der Waals surface area contributed by atoms with E-state index in [0.717, 1.165) is 0 Å². The van der Waals surface area contributed by atoms with Gasteiger partial charge in [0, 0.05) is 16.6 Å². The van der Waals surface area contributed by atoms with Gasteiger partial charge in [0.25, 0.3) is 0 Å². The summed E-state index contributed by atoms with van der Waals surface area (Å²) in [5.41, 5.74) is 5.98. The Kier molecular flexibility index (Phi) is 4.64. The highest BCUT2D eigenvalue weighted by molar-refractivity contribution is 9.10. The summed E-state index contributed by atoms with van der Waals surface area (Å²) in [5, 5.41) is 9.98. The summed E-state index contributed by atoms with van der Waals surface area (Å²) < 4.78 is 10.9. The van der Waals surface area contributed by atoms with Crippen LogP contribution in [0.3, 0.4) is 0 Å². The predicted molar refractivity (Wildman–Crippen MR) is 67.0 cm³/mol. The van der Waals surface area contributed by atoms with Crippen LogP contribution in [0.25, 0.3) is 6.08 Å². The molecule has 0 atom stereocenters. The Labute approximate surface area is 103 Å². The topological polar surface area (TPSA) is 64.7 Å². The zero-order chi connectivity index (χ0) is 12.1. The quantitative estimate of drug-likeness (QED) is 0.891. The van der Waals surface area contributed by atoms with Gasteiger partial charge in [-0.1, -0.05) is 12.2 Å². The molecule has 88 valence electrons. The summed E-state index contributed by atoms with van der Waals surface area (Å²) in [6.45, 7) is 0.403. The lowest BCUT2D eigenvalue weighted by molar-refractivity contribution is 0.332. The minimum atomic E-state index is 0.0263. The van der Waals surface area contributed by atoms with Crippen molar-refractivity contribution in [1.29, 1.82) is 0 Å². The second kappa shape index (κ2) is 5.77. The number of ether oxygens (including phenoxy) is 2. The number of phenols is 1. The minimum Gasteiger partial charge on any atom is -0.504 e. The van der Waals surface area contributed by atoms with E-state index in [0.29, 0.717) is 28.1 Å². The first-order chi connectivity index (χ1) is 7.65. The summed E-state index contributed by atoms with van der Waals surface area (Å²) in [6.07, 6.45) is 3.47. The third-order valence-electron chi connectivity index (χ3n) is 2.05. The molecule has 1 rings (SSSR count). The molecule has 0 fully saturated rings. The minimum absolute atomic E-state index is 0.0263. The van der Waals surface area contributed by atoms with E-state index in [1.807, 2.05) is 0 Å². The van der Waals surface area contributed by atoms with Gasteiger partial charge in [0.05, 0.1) is 14.2 Å². The fourth-order valence-corrected chi connectivity index (χ4v) is 1.83. The maximum Gasteiger partial charge on any atom is 0.203 e. The van der Waals surface area contributed by atoms with Gasteiger partial charge in [0.1, 0.15) is 0 Å². The van der Waals surface area contributed by atoms with Crippen LogP contribution in [0.4, 0.5) is 0 Å². The van der Waals surface area contributed by atoms with E-state index in [4.69, 9.17) is 15.2 Å². The average molecular weight is 288 g/mol. The molecular weight excluding hydrogens is 274 g/mol. The van der Waals surface area contributed by atoms with Gasteiger partial charge in [-0.3, -0.25) is 0 Å². The number of nitrogens with two attached hydrogens (primary N) is 1. The van der Waals surface area contributed by atoms with Crippen molar-refractivity contribution >= 4 is 22.0 Å². The number of rotatable bonds is 4. The normalized spacial score (nSPS) is 10.8. The van der Waals surface area contributed by atoms with Gasteiger partial charge >= 0.3 is 0 Å². The highest BCUT2D eigenvalue weighted by Crippen LogP contribution is 2.43. The second-order valence-corrected chi connectivity index (χ2v) is 3.85. The zero-order valence-electron chi connectivity index (χ0n) is 9.16. The monoisotopic (exact) mass is 287 g/mol. The Balaban J connectivity index is 3.34. The SMILES string of the molecule is COc1cc(Br)c(/C=C/CN)c(O)c1OC. The number of phenolic OH excluding ortho intramolecular Hbond substituents is 1. The van der Waals surface area contributed by atoms with Gasteiger partial charge in [0.2, 0.25) is 5.75 Å². The molecule has 0 aliphatic heterocycles. The summed E-state index contributed by atoms with van der Waals surface area (Å²) >= 11 is 3.34. The van der Waals surface area contributed by atoms with Crippen molar-refractivity contribution in [2.45, 2.75) is 0 Å². The molecule has 0 bridgehead atoms. The van der Waals surface area contributed by atoms with Gasteiger partial charge in [-0.25, -0.2) is 0 Å². The van der Waals surface area contributed by atoms with Crippen LogP contribution in [0.5, 0.6) is 17.2 Å². The lowest BCUT2D eigenvalue weighted by atomic mass is 10.1. The van der Waals surface area contributed by atoms with Crippen molar-refractivity contribution in [2.24, 2.45) is 5.73 Å². The molecule has 0 amide bonds. The molecule has 0 aromatic heterocycles. The molecule has 0 saturated heterocycles. The van der Waals surface area contributed by atoms with Gasteiger partial charge in [-0.15, -0.1) is 0 Å². The highest BCUT2D eigenvalue weighted by atomic mass is 79.9. The fourth-order valence-electron chi connectivity index (χ4n) is 1.30. The van der Waals surface area contributed by atoms with E-state index in [2.05, 4.69) is 15.9 Å². The average Bonchev–Trinajstić information content (AvgIpc) is 2.28. The summed E-state index contributed by atoms with van der Waals surface area (Å²) in [5.74, 6) is 0.803. The Bertz CT molecular complexity index is 405. The van der Waals surface area contributed by atoms with E-state index in [1.54, 1.807) is 18.2 Å². The van der Waals surface area contributed by atoms with Crippen molar-refractivity contribution in [2.75, 3.05) is 20.8 Å². The maximum atomic E-state index is 9.98. The number of hydrogen-bond acceptors (Lipinski definition) is 4. The van der Waals surface area contributed by atoms with Crippen molar-refractivity contribution < 1.29 is 14.6 Å². The predicted octanol–water partition coefficient (Wildman–Crippen LogP) is 2.14. The number of aromatic hydroxyl groups is 1. The van der Waals surface area contributed by atoms with Crippen molar-refractivity contribution in [3.8, 4) is 17.2 Å². The van der Waals surface area contributed by atoms with E-state index in [-0.39, 0.29) is 5.75 Å². The van der Waals surface area contributed by atoms with Crippen LogP contribution < -0.4 is 15.2 Å². The van der Waals surface area contributed by atoms with Gasteiger partial charge < -0.3 is 20.3 Å². The second-order valence-electron chi connectivity index (χ2n) is 2.99. The Hall–Kier alpha value is -1.20. The molecular formula is C11H14BrNO3. The first-order valence-corrected chi connectivity index (χ1v) is 5.45. The number of methoxy groups -OCH3 is 2. The first-order valence-electron chi connectivity index (χ1n) is 4.65. The molecule has 5 heteroatoms. The summed E-state index contributed by atoms with van der Waals surface area (Å²) in [7, 11) is 2.99. The van der Waals surface area contributed by atoms with Crippen LogP contribution in [-0.2, 0) is 0 Å². The lowest BCUT2D eigenvalue weighted by Gasteiger charge is -2.12. The van der Waals surface area contributed by atoms with E-state index >= 15 is 0 Å². The lowest BCUT2D eigenvalue weighted by Crippen LogP contribution is -1.95. The van der Waals surface area contributed by atoms with Gasteiger partial charge in [0.15, 0.2) is 11.5 Å². The molecule has 4 nitrogen and oxygen atoms in total. The van der Waals surface area contributed by atoms with Crippen LogP contribution in [0.1, 0.15) is 5.56 Å². The van der Waals surface area contributed by atoms with E-state index in [9.17, 15) is 5.11 Å². The third kappa shape index (κ3) is 2.48. The Morgan fingerprint density at radius 1 is 1.44 bits per heavy atom. The molecule has 3 N–H and O–H groups in total. The fraction of sp³-hybridized carbons (Fsp3) is 0.273. The number of benzene rings is 1. The third-order valence-corrected chi connectivity index (χ3v) is 2.71. The van der Waals surface area contributed by atoms with E-state index in [1.165, 1.54) is 14.2 Å². The molecule has 1 aromatic carbocycles. The molecule has 0 heterocycles. The van der Waals surface area contributed by atoms with Crippen molar-refractivity contribution in [1.82, 2.24) is 0 Å². The van der Waals surface area contributed by atoms with Crippen LogP contribution in [-0.4, -0.2) is 25.9 Å². The van der Waals surface area contributed by atoms with Crippen molar-refractivity contribution in [3.63, 3.8) is 0 Å². The van der Waals surface area contributed by atoms with Crippen molar-refractivity contribution in [3.05, 3.63) is 22.2 Å². The van der Waals surface area contributed by atoms with Crippen LogP contribution in [0.2, 0.25) is 0 Å². The molecule has 0 unspecified atom stereocenters. The van der Waals surface area contributed by atoms with E-state index < -0.39 is 0 Å². The maximum absolute atomic E-state index is 9.98.